The molecule has 0 atom stereocenters. The Labute approximate surface area is 230 Å². The van der Waals surface area contributed by atoms with Crippen molar-refractivity contribution in [3.63, 3.8) is 0 Å². The summed E-state index contributed by atoms with van der Waals surface area (Å²) in [6.07, 6.45) is 0. The van der Waals surface area contributed by atoms with Crippen molar-refractivity contribution in [2.75, 3.05) is 7.11 Å². The van der Waals surface area contributed by atoms with Crippen LogP contribution in [0, 0.1) is 40.4 Å². The Bertz CT molecular complexity index is 1670. The summed E-state index contributed by atoms with van der Waals surface area (Å²) in [4.78, 5) is 0. The molecule has 0 aliphatic heterocycles. The van der Waals surface area contributed by atoms with Crippen LogP contribution >= 0.6 is 11.6 Å². The van der Waals surface area contributed by atoms with E-state index in [0.717, 1.165) is 38.7 Å². The van der Waals surface area contributed by atoms with Gasteiger partial charge in [-0.2, -0.15) is 0 Å². The third-order valence-electron chi connectivity index (χ3n) is 7.61. The van der Waals surface area contributed by atoms with Crippen molar-refractivity contribution in [1.29, 1.82) is 0 Å². The van der Waals surface area contributed by atoms with Crippen LogP contribution in [0.2, 0.25) is 5.02 Å². The fraction of sp³-hybridized carbons (Fsp3) is 0.176. The van der Waals surface area contributed by atoms with Gasteiger partial charge in [-0.25, -0.2) is 4.39 Å². The normalized spacial score (nSPS) is 11.2. The molecule has 5 aromatic carbocycles. The van der Waals surface area contributed by atoms with E-state index in [0.29, 0.717) is 10.6 Å². The topological polar surface area (TPSA) is 9.23 Å². The van der Waals surface area contributed by atoms with Gasteiger partial charge >= 0.3 is 0 Å². The molecule has 0 radical (unpaired) electrons. The lowest BCUT2D eigenvalue weighted by Crippen LogP contribution is -2.55. The highest BCUT2D eigenvalue weighted by Gasteiger charge is 2.29. The van der Waals surface area contributed by atoms with Crippen LogP contribution in [0.4, 0.5) is 4.39 Å². The second-order valence-electron chi connectivity index (χ2n) is 10.3. The quantitative estimate of drug-likeness (QED) is 0.220. The summed E-state index contributed by atoms with van der Waals surface area (Å²) in [7, 11) is 1.67. The first-order chi connectivity index (χ1) is 18.2. The van der Waals surface area contributed by atoms with E-state index in [9.17, 15) is 4.39 Å². The molecule has 4 heteroatoms. The molecule has 5 rings (SSSR count). The van der Waals surface area contributed by atoms with Gasteiger partial charge in [0.1, 0.15) is 11.6 Å². The van der Waals surface area contributed by atoms with Gasteiger partial charge in [0.15, 0.2) is 0 Å². The second-order valence-corrected chi connectivity index (χ2v) is 10.7. The molecule has 0 aliphatic rings. The standard InChI is InChI=1S/C34H31BClFO/c1-20-15-23(4)34(24(5)16-20)35(31-17-22(3)32(37)18-21(31)2)30-14-13-27(26-9-7-8-10-28(26)30)29-12-11-25(36)19-33(29)38-6/h7-19H,1-6H3. The van der Waals surface area contributed by atoms with Gasteiger partial charge in [-0.05, 0) is 80.8 Å². The minimum absolute atomic E-state index is 0.0547. The van der Waals surface area contributed by atoms with Gasteiger partial charge in [0.2, 0.25) is 6.71 Å². The molecule has 1 nitrogen and oxygen atoms in total. The zero-order chi connectivity index (χ0) is 27.1. The summed E-state index contributed by atoms with van der Waals surface area (Å²) < 4.78 is 20.3. The van der Waals surface area contributed by atoms with Crippen molar-refractivity contribution in [2.45, 2.75) is 34.6 Å². The zero-order valence-electron chi connectivity index (χ0n) is 22.7. The van der Waals surface area contributed by atoms with Gasteiger partial charge in [-0.15, -0.1) is 0 Å². The Balaban J connectivity index is 1.85. The van der Waals surface area contributed by atoms with Crippen LogP contribution in [-0.2, 0) is 0 Å². The highest BCUT2D eigenvalue weighted by Crippen LogP contribution is 2.36. The van der Waals surface area contributed by atoms with Crippen LogP contribution < -0.4 is 21.1 Å². The predicted octanol–water partition coefficient (Wildman–Crippen LogP) is 7.37. The molecule has 0 fully saturated rings. The van der Waals surface area contributed by atoms with Gasteiger partial charge in [0, 0.05) is 10.6 Å². The Morgan fingerprint density at radius 3 is 2.00 bits per heavy atom. The molecule has 0 spiro atoms. The summed E-state index contributed by atoms with van der Waals surface area (Å²) in [5.74, 6) is 0.569. The highest BCUT2D eigenvalue weighted by atomic mass is 35.5. The number of methoxy groups -OCH3 is 1. The number of aryl methyl sites for hydroxylation is 5. The Hall–Kier alpha value is -3.56. The number of halogens is 2. The highest BCUT2D eigenvalue weighted by molar-refractivity contribution is 6.97. The Morgan fingerprint density at radius 2 is 1.32 bits per heavy atom. The smallest absolute Gasteiger partial charge is 0.243 e. The minimum atomic E-state index is -0.169. The molecule has 0 saturated heterocycles. The molecular formula is C34H31BClFO. The Morgan fingerprint density at radius 1 is 0.658 bits per heavy atom. The Kier molecular flexibility index (Phi) is 7.07. The summed E-state index contributed by atoms with van der Waals surface area (Å²) in [5, 5.41) is 2.93. The summed E-state index contributed by atoms with van der Waals surface area (Å²) in [6.45, 7) is 10.3. The van der Waals surface area contributed by atoms with Gasteiger partial charge in [0.25, 0.3) is 0 Å². The molecule has 0 N–H and O–H groups in total. The third kappa shape index (κ3) is 4.61. The molecule has 0 bridgehead atoms. The monoisotopic (exact) mass is 520 g/mol. The molecular weight excluding hydrogens is 490 g/mol. The van der Waals surface area contributed by atoms with E-state index in [4.69, 9.17) is 16.3 Å². The number of rotatable bonds is 5. The second kappa shape index (κ2) is 10.3. The predicted molar refractivity (Wildman–Crippen MR) is 162 cm³/mol. The van der Waals surface area contributed by atoms with Crippen LogP contribution in [0.25, 0.3) is 21.9 Å². The van der Waals surface area contributed by atoms with Crippen molar-refractivity contribution in [2.24, 2.45) is 0 Å². The molecule has 0 amide bonds. The summed E-state index contributed by atoms with van der Waals surface area (Å²) in [5.41, 5.74) is 11.0. The van der Waals surface area contributed by atoms with Crippen LogP contribution in [0.3, 0.4) is 0 Å². The molecule has 38 heavy (non-hydrogen) atoms. The largest absolute Gasteiger partial charge is 0.496 e. The van der Waals surface area contributed by atoms with Crippen LogP contribution in [-0.4, -0.2) is 13.8 Å². The van der Waals surface area contributed by atoms with Crippen molar-refractivity contribution >= 4 is 45.5 Å². The fourth-order valence-corrected chi connectivity index (χ4v) is 6.10. The van der Waals surface area contributed by atoms with Gasteiger partial charge < -0.3 is 4.74 Å². The first-order valence-corrected chi connectivity index (χ1v) is 13.3. The summed E-state index contributed by atoms with van der Waals surface area (Å²) in [6, 6.07) is 26.9. The molecule has 5 aromatic rings. The van der Waals surface area contributed by atoms with Crippen LogP contribution in [0.15, 0.2) is 78.9 Å². The average Bonchev–Trinajstić information content (AvgIpc) is 2.88. The number of benzene rings is 5. The van der Waals surface area contributed by atoms with Crippen molar-refractivity contribution in [3.8, 4) is 16.9 Å². The fourth-order valence-electron chi connectivity index (χ4n) is 5.94. The maximum atomic E-state index is 14.6. The van der Waals surface area contributed by atoms with Crippen molar-refractivity contribution < 1.29 is 9.13 Å². The lowest BCUT2D eigenvalue weighted by molar-refractivity contribution is 0.416. The van der Waals surface area contributed by atoms with E-state index in [1.54, 1.807) is 13.2 Å². The van der Waals surface area contributed by atoms with Gasteiger partial charge in [-0.3, -0.25) is 0 Å². The number of hydrogen-bond donors (Lipinski definition) is 0. The zero-order valence-corrected chi connectivity index (χ0v) is 23.5. The number of hydrogen-bond acceptors (Lipinski definition) is 1. The van der Waals surface area contributed by atoms with E-state index < -0.39 is 0 Å². The first-order valence-electron chi connectivity index (χ1n) is 12.9. The molecule has 0 aromatic heterocycles. The summed E-state index contributed by atoms with van der Waals surface area (Å²) >= 11 is 6.28. The van der Waals surface area contributed by atoms with Crippen LogP contribution in [0.1, 0.15) is 27.8 Å². The average molecular weight is 521 g/mol. The molecule has 0 heterocycles. The van der Waals surface area contributed by atoms with E-state index in [-0.39, 0.29) is 12.5 Å². The molecule has 190 valence electrons. The third-order valence-corrected chi connectivity index (χ3v) is 7.84. The van der Waals surface area contributed by atoms with E-state index in [1.807, 2.05) is 38.1 Å². The van der Waals surface area contributed by atoms with Crippen LogP contribution in [0.5, 0.6) is 5.75 Å². The van der Waals surface area contributed by atoms with Crippen molar-refractivity contribution in [1.82, 2.24) is 0 Å². The van der Waals surface area contributed by atoms with E-state index in [2.05, 4.69) is 69.3 Å². The van der Waals surface area contributed by atoms with Gasteiger partial charge in [-0.1, -0.05) is 105 Å². The number of fused-ring (bicyclic) bond motifs is 1. The maximum absolute atomic E-state index is 14.6. The number of ether oxygens (including phenoxy) is 1. The molecule has 0 unspecified atom stereocenters. The first kappa shape index (κ1) is 26.1. The molecule has 0 aliphatic carbocycles. The van der Waals surface area contributed by atoms with E-state index >= 15 is 0 Å². The van der Waals surface area contributed by atoms with E-state index in [1.165, 1.54) is 27.6 Å². The lowest BCUT2D eigenvalue weighted by Gasteiger charge is -2.25. The SMILES string of the molecule is COc1cc(Cl)ccc1-c1ccc(B(c2cc(C)c(F)cc2C)c2c(C)cc(C)cc2C)c2ccccc12. The lowest BCUT2D eigenvalue weighted by atomic mass is 9.34. The molecule has 0 saturated carbocycles. The maximum Gasteiger partial charge on any atom is 0.243 e. The van der Waals surface area contributed by atoms with Crippen molar-refractivity contribution in [3.05, 3.63) is 118 Å². The van der Waals surface area contributed by atoms with Gasteiger partial charge in [0.05, 0.1) is 7.11 Å². The minimum Gasteiger partial charge on any atom is -0.496 e.